The maximum absolute atomic E-state index is 3.99. The number of nitrogens with zero attached hydrogens (tertiary/aromatic N) is 3. The van der Waals surface area contributed by atoms with E-state index in [1.165, 1.54) is 22.2 Å². The standard InChI is InChI=1S/C12H12N6/c1-2-4-9-7(3-1)8-5-10(12-15-17-18-16-12)13-6-11(8)14-9/h1-4,10,13-14H,5-6H2,(H,15,16,17,18). The first-order valence-corrected chi connectivity index (χ1v) is 5.97. The molecule has 1 aliphatic heterocycles. The Morgan fingerprint density at radius 2 is 2.17 bits per heavy atom. The summed E-state index contributed by atoms with van der Waals surface area (Å²) in [7, 11) is 0. The molecule has 0 radical (unpaired) electrons. The summed E-state index contributed by atoms with van der Waals surface area (Å²) < 4.78 is 0. The van der Waals surface area contributed by atoms with Crippen LogP contribution in [0.5, 0.6) is 0 Å². The molecule has 1 aliphatic rings. The molecule has 0 amide bonds. The number of aromatic nitrogens is 5. The minimum atomic E-state index is 0.159. The lowest BCUT2D eigenvalue weighted by molar-refractivity contribution is 0.474. The highest BCUT2D eigenvalue weighted by Crippen LogP contribution is 2.30. The number of rotatable bonds is 1. The Balaban J connectivity index is 1.80. The summed E-state index contributed by atoms with van der Waals surface area (Å²) in [6.07, 6.45) is 0.899. The van der Waals surface area contributed by atoms with Crippen LogP contribution in [0.2, 0.25) is 0 Å². The molecule has 0 saturated carbocycles. The van der Waals surface area contributed by atoms with E-state index in [4.69, 9.17) is 0 Å². The molecule has 0 spiro atoms. The van der Waals surface area contributed by atoms with Crippen molar-refractivity contribution in [3.05, 3.63) is 41.3 Å². The third kappa shape index (κ3) is 1.36. The van der Waals surface area contributed by atoms with Gasteiger partial charge in [-0.05, 0) is 28.5 Å². The summed E-state index contributed by atoms with van der Waals surface area (Å²) >= 11 is 0. The van der Waals surface area contributed by atoms with Gasteiger partial charge in [0.1, 0.15) is 0 Å². The zero-order valence-electron chi connectivity index (χ0n) is 9.64. The van der Waals surface area contributed by atoms with Crippen LogP contribution in [0.4, 0.5) is 0 Å². The Labute approximate surface area is 103 Å². The van der Waals surface area contributed by atoms with Crippen LogP contribution in [0.3, 0.4) is 0 Å². The zero-order valence-corrected chi connectivity index (χ0v) is 9.64. The van der Waals surface area contributed by atoms with E-state index in [0.29, 0.717) is 0 Å². The Morgan fingerprint density at radius 3 is 3.06 bits per heavy atom. The van der Waals surface area contributed by atoms with E-state index < -0.39 is 0 Å². The third-order valence-corrected chi connectivity index (χ3v) is 3.53. The molecule has 18 heavy (non-hydrogen) atoms. The molecule has 1 aromatic carbocycles. The fraction of sp³-hybridized carbons (Fsp3) is 0.250. The smallest absolute Gasteiger partial charge is 0.165 e. The second-order valence-corrected chi connectivity index (χ2v) is 4.55. The highest BCUT2D eigenvalue weighted by molar-refractivity contribution is 5.84. The van der Waals surface area contributed by atoms with Gasteiger partial charge in [-0.3, -0.25) is 0 Å². The number of H-pyrrole nitrogens is 2. The number of hydrogen-bond donors (Lipinski definition) is 3. The molecule has 90 valence electrons. The van der Waals surface area contributed by atoms with Crippen molar-refractivity contribution in [1.82, 2.24) is 30.9 Å². The Hall–Kier alpha value is -2.21. The quantitative estimate of drug-likeness (QED) is 0.594. The molecule has 4 rings (SSSR count). The number of benzene rings is 1. The second kappa shape index (κ2) is 3.64. The average molecular weight is 240 g/mol. The van der Waals surface area contributed by atoms with Crippen LogP contribution in [0, 0.1) is 0 Å². The van der Waals surface area contributed by atoms with Gasteiger partial charge >= 0.3 is 0 Å². The number of nitrogens with one attached hydrogen (secondary N) is 3. The molecule has 1 unspecified atom stereocenters. The minimum Gasteiger partial charge on any atom is -0.357 e. The van der Waals surface area contributed by atoms with Crippen LogP contribution < -0.4 is 5.32 Å². The van der Waals surface area contributed by atoms with Crippen molar-refractivity contribution in [3.63, 3.8) is 0 Å². The maximum Gasteiger partial charge on any atom is 0.165 e. The van der Waals surface area contributed by atoms with Crippen LogP contribution in [0.1, 0.15) is 23.1 Å². The minimum absolute atomic E-state index is 0.159. The van der Waals surface area contributed by atoms with Gasteiger partial charge in [0.15, 0.2) is 5.82 Å². The molecule has 3 N–H and O–H groups in total. The Morgan fingerprint density at radius 1 is 1.22 bits per heavy atom. The summed E-state index contributed by atoms with van der Waals surface area (Å²) in [4.78, 5) is 3.46. The number of aromatic amines is 2. The topological polar surface area (TPSA) is 82.3 Å². The Bertz CT molecular complexity index is 684. The van der Waals surface area contributed by atoms with Gasteiger partial charge < -0.3 is 10.3 Å². The van der Waals surface area contributed by atoms with Crippen LogP contribution in [0.15, 0.2) is 24.3 Å². The number of hydrogen-bond acceptors (Lipinski definition) is 4. The third-order valence-electron chi connectivity index (χ3n) is 3.53. The molecule has 3 aromatic rings. The van der Waals surface area contributed by atoms with Gasteiger partial charge in [-0.25, -0.2) is 5.10 Å². The van der Waals surface area contributed by atoms with Gasteiger partial charge in [0.2, 0.25) is 0 Å². The summed E-state index contributed by atoms with van der Waals surface area (Å²) in [6.45, 7) is 0.815. The molecular weight excluding hydrogens is 228 g/mol. The molecule has 6 heteroatoms. The number of para-hydroxylation sites is 1. The van der Waals surface area contributed by atoms with Gasteiger partial charge in [-0.2, -0.15) is 0 Å². The lowest BCUT2D eigenvalue weighted by atomic mass is 9.98. The molecule has 0 aliphatic carbocycles. The van der Waals surface area contributed by atoms with E-state index in [0.717, 1.165) is 18.8 Å². The van der Waals surface area contributed by atoms with E-state index in [-0.39, 0.29) is 6.04 Å². The van der Waals surface area contributed by atoms with Crippen molar-refractivity contribution in [2.24, 2.45) is 0 Å². The fourth-order valence-corrected chi connectivity index (χ4v) is 2.65. The largest absolute Gasteiger partial charge is 0.357 e. The average Bonchev–Trinajstić information content (AvgIpc) is 3.05. The molecule has 0 bridgehead atoms. The van der Waals surface area contributed by atoms with E-state index in [1.807, 2.05) is 0 Å². The van der Waals surface area contributed by atoms with Crippen molar-refractivity contribution in [3.8, 4) is 0 Å². The number of tetrazole rings is 1. The van der Waals surface area contributed by atoms with Gasteiger partial charge in [0.25, 0.3) is 0 Å². The van der Waals surface area contributed by atoms with E-state index in [1.54, 1.807) is 0 Å². The molecule has 1 atom stereocenters. The summed E-state index contributed by atoms with van der Waals surface area (Å²) in [5.74, 6) is 0.797. The van der Waals surface area contributed by atoms with Gasteiger partial charge in [0.05, 0.1) is 6.04 Å². The number of fused-ring (bicyclic) bond motifs is 3. The van der Waals surface area contributed by atoms with Crippen LogP contribution in [0.25, 0.3) is 10.9 Å². The van der Waals surface area contributed by atoms with Crippen LogP contribution >= 0.6 is 0 Å². The van der Waals surface area contributed by atoms with Crippen molar-refractivity contribution < 1.29 is 0 Å². The monoisotopic (exact) mass is 240 g/mol. The molecule has 0 fully saturated rings. The summed E-state index contributed by atoms with van der Waals surface area (Å²) in [5.41, 5.74) is 3.83. The van der Waals surface area contributed by atoms with Crippen molar-refractivity contribution in [1.29, 1.82) is 0 Å². The van der Waals surface area contributed by atoms with Crippen molar-refractivity contribution in [2.75, 3.05) is 0 Å². The zero-order chi connectivity index (χ0) is 11.9. The van der Waals surface area contributed by atoms with E-state index >= 15 is 0 Å². The highest BCUT2D eigenvalue weighted by Gasteiger charge is 2.24. The van der Waals surface area contributed by atoms with Gasteiger partial charge in [-0.15, -0.1) is 5.10 Å². The van der Waals surface area contributed by atoms with Crippen molar-refractivity contribution in [2.45, 2.75) is 19.0 Å². The lowest BCUT2D eigenvalue weighted by Gasteiger charge is -2.21. The molecule has 0 saturated heterocycles. The molecular formula is C12H12N6. The molecule has 2 aromatic heterocycles. The maximum atomic E-state index is 3.99. The van der Waals surface area contributed by atoms with Crippen LogP contribution in [-0.2, 0) is 13.0 Å². The lowest BCUT2D eigenvalue weighted by Crippen LogP contribution is -2.29. The SMILES string of the molecule is c1ccc2c3c([nH]c2c1)CNC(c1nnn[nH]1)C3. The Kier molecular flexibility index (Phi) is 1.98. The predicted octanol–water partition coefficient (Wildman–Crippen LogP) is 1.07. The predicted molar refractivity (Wildman–Crippen MR) is 65.8 cm³/mol. The first-order valence-electron chi connectivity index (χ1n) is 5.97. The highest BCUT2D eigenvalue weighted by atomic mass is 15.5. The first-order chi connectivity index (χ1) is 8.92. The van der Waals surface area contributed by atoms with E-state index in [9.17, 15) is 0 Å². The van der Waals surface area contributed by atoms with Crippen LogP contribution in [-0.4, -0.2) is 25.6 Å². The normalized spacial score (nSPS) is 19.0. The molecule has 6 nitrogen and oxygen atoms in total. The first kappa shape index (κ1) is 9.78. The second-order valence-electron chi connectivity index (χ2n) is 4.55. The van der Waals surface area contributed by atoms with E-state index in [2.05, 4.69) is 55.2 Å². The van der Waals surface area contributed by atoms with Gasteiger partial charge in [-0.1, -0.05) is 18.2 Å². The van der Waals surface area contributed by atoms with Gasteiger partial charge in [0, 0.05) is 23.1 Å². The molecule has 3 heterocycles. The van der Waals surface area contributed by atoms with Crippen molar-refractivity contribution >= 4 is 10.9 Å². The summed E-state index contributed by atoms with van der Waals surface area (Å²) in [6, 6.07) is 8.55. The fourth-order valence-electron chi connectivity index (χ4n) is 2.65. The summed E-state index contributed by atoms with van der Waals surface area (Å²) in [5, 5.41) is 18.8.